The Kier molecular flexibility index (Phi) is 4.88. The van der Waals surface area contributed by atoms with Crippen LogP contribution in [-0.2, 0) is 0 Å². The second-order valence-corrected chi connectivity index (χ2v) is 5.07. The number of nitro groups is 1. The molecule has 0 aliphatic carbocycles. The molecule has 5 heteroatoms. The van der Waals surface area contributed by atoms with Crippen molar-refractivity contribution in [3.8, 4) is 0 Å². The minimum Gasteiger partial charge on any atom is -0.308 e. The molecule has 22 heavy (non-hydrogen) atoms. The molecule has 0 aromatic heterocycles. The molecule has 2 aromatic rings. The Morgan fingerprint density at radius 1 is 1.18 bits per heavy atom. The molecule has 0 heterocycles. The lowest BCUT2D eigenvalue weighted by molar-refractivity contribution is -0.385. The van der Waals surface area contributed by atoms with Gasteiger partial charge in [0.2, 0.25) is 0 Å². The summed E-state index contributed by atoms with van der Waals surface area (Å²) in [5.74, 6) is -0.347. The SMILES string of the molecule is CCCN(C(=O)c1ccccc1[N+](=O)[O-])c1cccc(C)c1. The van der Waals surface area contributed by atoms with Gasteiger partial charge in [-0.15, -0.1) is 0 Å². The number of aryl methyl sites for hydroxylation is 1. The third kappa shape index (κ3) is 3.31. The molecule has 0 atom stereocenters. The minimum atomic E-state index is -0.520. The van der Waals surface area contributed by atoms with Gasteiger partial charge in [-0.3, -0.25) is 14.9 Å². The summed E-state index contributed by atoms with van der Waals surface area (Å²) in [6, 6.07) is 13.6. The van der Waals surface area contributed by atoms with E-state index in [-0.39, 0.29) is 17.2 Å². The number of hydrogen-bond acceptors (Lipinski definition) is 3. The van der Waals surface area contributed by atoms with Crippen molar-refractivity contribution in [2.45, 2.75) is 20.3 Å². The molecular formula is C17H18N2O3. The van der Waals surface area contributed by atoms with Crippen molar-refractivity contribution in [1.82, 2.24) is 0 Å². The van der Waals surface area contributed by atoms with Crippen molar-refractivity contribution in [2.75, 3.05) is 11.4 Å². The molecule has 0 unspecified atom stereocenters. The number of benzene rings is 2. The average molecular weight is 298 g/mol. The summed E-state index contributed by atoms with van der Waals surface area (Å²) in [6.07, 6.45) is 0.764. The number of anilines is 1. The van der Waals surface area contributed by atoms with Gasteiger partial charge in [-0.1, -0.05) is 31.2 Å². The van der Waals surface area contributed by atoms with E-state index < -0.39 is 4.92 Å². The molecule has 0 saturated heterocycles. The predicted octanol–water partition coefficient (Wildman–Crippen LogP) is 3.96. The van der Waals surface area contributed by atoms with Crippen molar-refractivity contribution >= 4 is 17.3 Å². The summed E-state index contributed by atoms with van der Waals surface area (Å²) in [7, 11) is 0. The van der Waals surface area contributed by atoms with E-state index in [1.807, 2.05) is 38.1 Å². The Hall–Kier alpha value is -2.69. The van der Waals surface area contributed by atoms with E-state index in [4.69, 9.17) is 0 Å². The lowest BCUT2D eigenvalue weighted by Crippen LogP contribution is -2.32. The standard InChI is InChI=1S/C17H18N2O3/c1-3-11-18(14-8-6-7-13(2)12-14)17(20)15-9-4-5-10-16(15)19(21)22/h4-10,12H,3,11H2,1-2H3. The van der Waals surface area contributed by atoms with Gasteiger partial charge in [-0.2, -0.15) is 0 Å². The lowest BCUT2D eigenvalue weighted by Gasteiger charge is -2.22. The van der Waals surface area contributed by atoms with Crippen LogP contribution in [0.5, 0.6) is 0 Å². The Morgan fingerprint density at radius 2 is 1.91 bits per heavy atom. The van der Waals surface area contributed by atoms with E-state index in [1.165, 1.54) is 12.1 Å². The zero-order valence-electron chi connectivity index (χ0n) is 12.7. The van der Waals surface area contributed by atoms with Gasteiger partial charge in [0.1, 0.15) is 5.56 Å². The highest BCUT2D eigenvalue weighted by atomic mass is 16.6. The number of carbonyl (C=O) groups excluding carboxylic acids is 1. The summed E-state index contributed by atoms with van der Waals surface area (Å²) in [5, 5.41) is 11.1. The van der Waals surface area contributed by atoms with E-state index in [1.54, 1.807) is 17.0 Å². The quantitative estimate of drug-likeness (QED) is 0.620. The molecule has 0 aliphatic rings. The monoisotopic (exact) mass is 298 g/mol. The van der Waals surface area contributed by atoms with Gasteiger partial charge in [0.25, 0.3) is 11.6 Å². The summed E-state index contributed by atoms with van der Waals surface area (Å²) in [4.78, 5) is 25.0. The van der Waals surface area contributed by atoms with Crippen molar-refractivity contribution in [3.63, 3.8) is 0 Å². The molecule has 2 rings (SSSR count). The Morgan fingerprint density at radius 3 is 2.55 bits per heavy atom. The molecule has 2 aromatic carbocycles. The molecule has 0 bridgehead atoms. The molecule has 0 fully saturated rings. The van der Waals surface area contributed by atoms with E-state index in [0.29, 0.717) is 6.54 Å². The largest absolute Gasteiger partial charge is 0.308 e. The van der Waals surface area contributed by atoms with E-state index in [0.717, 1.165) is 17.7 Å². The molecule has 0 radical (unpaired) electrons. The van der Waals surface area contributed by atoms with Crippen LogP contribution in [0.1, 0.15) is 29.3 Å². The van der Waals surface area contributed by atoms with Crippen molar-refractivity contribution < 1.29 is 9.72 Å². The third-order valence-corrected chi connectivity index (χ3v) is 3.34. The van der Waals surface area contributed by atoms with Crippen LogP contribution < -0.4 is 4.90 Å². The van der Waals surface area contributed by atoms with Crippen molar-refractivity contribution in [1.29, 1.82) is 0 Å². The molecule has 0 N–H and O–H groups in total. The first-order chi connectivity index (χ1) is 10.5. The van der Waals surface area contributed by atoms with Crippen LogP contribution in [0.2, 0.25) is 0 Å². The van der Waals surface area contributed by atoms with Gasteiger partial charge in [-0.05, 0) is 37.1 Å². The first-order valence-electron chi connectivity index (χ1n) is 7.16. The number of amides is 1. The summed E-state index contributed by atoms with van der Waals surface area (Å²) in [5.41, 5.74) is 1.74. The number of nitrogens with zero attached hydrogens (tertiary/aromatic N) is 2. The highest BCUT2D eigenvalue weighted by molar-refractivity contribution is 6.08. The second-order valence-electron chi connectivity index (χ2n) is 5.07. The molecular weight excluding hydrogens is 280 g/mol. The smallest absolute Gasteiger partial charge is 0.282 e. The first-order valence-corrected chi connectivity index (χ1v) is 7.16. The molecule has 5 nitrogen and oxygen atoms in total. The van der Waals surface area contributed by atoms with E-state index >= 15 is 0 Å². The zero-order valence-corrected chi connectivity index (χ0v) is 12.7. The molecule has 1 amide bonds. The zero-order chi connectivity index (χ0) is 16.1. The summed E-state index contributed by atoms with van der Waals surface area (Å²) < 4.78 is 0. The minimum absolute atomic E-state index is 0.113. The topological polar surface area (TPSA) is 63.5 Å². The number of carbonyl (C=O) groups is 1. The Balaban J connectivity index is 2.45. The number of hydrogen-bond donors (Lipinski definition) is 0. The summed E-state index contributed by atoms with van der Waals surface area (Å²) >= 11 is 0. The van der Waals surface area contributed by atoms with Crippen LogP contribution >= 0.6 is 0 Å². The van der Waals surface area contributed by atoms with Gasteiger partial charge in [0.15, 0.2) is 0 Å². The average Bonchev–Trinajstić information content (AvgIpc) is 2.52. The molecule has 0 aliphatic heterocycles. The van der Waals surface area contributed by atoms with Gasteiger partial charge < -0.3 is 4.90 Å². The maximum atomic E-state index is 12.8. The molecule has 0 saturated carbocycles. The maximum absolute atomic E-state index is 12.8. The van der Waals surface area contributed by atoms with Crippen LogP contribution in [0, 0.1) is 17.0 Å². The van der Waals surface area contributed by atoms with Crippen molar-refractivity contribution in [2.24, 2.45) is 0 Å². The van der Waals surface area contributed by atoms with Gasteiger partial charge in [-0.25, -0.2) is 0 Å². The van der Waals surface area contributed by atoms with Gasteiger partial charge in [0, 0.05) is 18.3 Å². The van der Waals surface area contributed by atoms with Crippen LogP contribution in [0.25, 0.3) is 0 Å². The predicted molar refractivity (Wildman–Crippen MR) is 86.2 cm³/mol. The first kappa shape index (κ1) is 15.7. The fourth-order valence-electron chi connectivity index (χ4n) is 2.33. The normalized spacial score (nSPS) is 10.3. The number of rotatable bonds is 5. The highest BCUT2D eigenvalue weighted by Gasteiger charge is 2.24. The fourth-order valence-corrected chi connectivity index (χ4v) is 2.33. The van der Waals surface area contributed by atoms with Crippen LogP contribution in [0.4, 0.5) is 11.4 Å². The molecule has 0 spiro atoms. The number of nitro benzene ring substituents is 1. The van der Waals surface area contributed by atoms with E-state index in [2.05, 4.69) is 0 Å². The lowest BCUT2D eigenvalue weighted by atomic mass is 10.1. The van der Waals surface area contributed by atoms with Crippen LogP contribution in [-0.4, -0.2) is 17.4 Å². The summed E-state index contributed by atoms with van der Waals surface area (Å²) in [6.45, 7) is 4.42. The van der Waals surface area contributed by atoms with Crippen LogP contribution in [0.3, 0.4) is 0 Å². The fraction of sp³-hybridized carbons (Fsp3) is 0.235. The van der Waals surface area contributed by atoms with E-state index in [9.17, 15) is 14.9 Å². The Labute approximate surface area is 129 Å². The van der Waals surface area contributed by atoms with Gasteiger partial charge in [0.05, 0.1) is 4.92 Å². The molecule has 114 valence electrons. The number of para-hydroxylation sites is 1. The van der Waals surface area contributed by atoms with Crippen molar-refractivity contribution in [3.05, 3.63) is 69.8 Å². The third-order valence-electron chi connectivity index (χ3n) is 3.34. The van der Waals surface area contributed by atoms with Crippen LogP contribution in [0.15, 0.2) is 48.5 Å². The Bertz CT molecular complexity index is 698. The van der Waals surface area contributed by atoms with Gasteiger partial charge >= 0.3 is 0 Å². The highest BCUT2D eigenvalue weighted by Crippen LogP contribution is 2.24. The maximum Gasteiger partial charge on any atom is 0.282 e. The second kappa shape index (κ2) is 6.85.